The topological polar surface area (TPSA) is 32.3 Å². The first kappa shape index (κ1) is 11.8. The van der Waals surface area contributed by atoms with Crippen LogP contribution in [0.5, 0.6) is 5.75 Å². The van der Waals surface area contributed by atoms with Gasteiger partial charge in [0.2, 0.25) is 0 Å². The molecule has 1 aliphatic heterocycles. The molecular weight excluding hydrogens is 242 g/mol. The number of hydrogen-bond donors (Lipinski definition) is 2. The van der Waals surface area contributed by atoms with Gasteiger partial charge >= 0.3 is 0 Å². The van der Waals surface area contributed by atoms with E-state index in [1.807, 2.05) is 23.5 Å². The average molecular weight is 259 g/mol. The highest BCUT2D eigenvalue weighted by Gasteiger charge is 2.22. The van der Waals surface area contributed by atoms with Crippen molar-refractivity contribution in [3.63, 3.8) is 0 Å². The van der Waals surface area contributed by atoms with E-state index in [1.165, 1.54) is 20.9 Å². The fourth-order valence-corrected chi connectivity index (χ4v) is 3.59. The Balaban J connectivity index is 2.00. The molecule has 0 fully saturated rings. The minimum atomic E-state index is 0.291. The predicted octanol–water partition coefficient (Wildman–Crippen LogP) is 3.25. The molecule has 0 aliphatic carbocycles. The molecule has 2 heterocycles. The highest BCUT2D eigenvalue weighted by Crippen LogP contribution is 2.34. The Labute approximate surface area is 111 Å². The third kappa shape index (κ3) is 2.04. The van der Waals surface area contributed by atoms with E-state index in [4.69, 9.17) is 0 Å². The first-order chi connectivity index (χ1) is 8.78. The SMILES string of the molecule is CCc1ccc(C2NCCc3cc(O)ccc32)s1. The maximum absolute atomic E-state index is 9.57. The van der Waals surface area contributed by atoms with Crippen molar-refractivity contribution in [1.29, 1.82) is 0 Å². The molecule has 2 N–H and O–H groups in total. The number of hydrogen-bond acceptors (Lipinski definition) is 3. The Bertz CT molecular complexity index is 561. The molecule has 3 rings (SSSR count). The molecule has 0 saturated carbocycles. The number of aromatic hydroxyl groups is 1. The van der Waals surface area contributed by atoms with E-state index in [-0.39, 0.29) is 0 Å². The zero-order valence-corrected chi connectivity index (χ0v) is 11.3. The lowest BCUT2D eigenvalue weighted by Gasteiger charge is -2.26. The lowest BCUT2D eigenvalue weighted by Crippen LogP contribution is -2.29. The van der Waals surface area contributed by atoms with Gasteiger partial charge in [0.15, 0.2) is 0 Å². The average Bonchev–Trinajstić information content (AvgIpc) is 2.86. The van der Waals surface area contributed by atoms with Crippen molar-refractivity contribution in [2.45, 2.75) is 25.8 Å². The van der Waals surface area contributed by atoms with E-state index in [0.29, 0.717) is 11.8 Å². The van der Waals surface area contributed by atoms with Gasteiger partial charge in [-0.15, -0.1) is 11.3 Å². The van der Waals surface area contributed by atoms with Crippen molar-refractivity contribution in [1.82, 2.24) is 5.32 Å². The largest absolute Gasteiger partial charge is 0.508 e. The van der Waals surface area contributed by atoms with Crippen molar-refractivity contribution in [2.24, 2.45) is 0 Å². The Hall–Kier alpha value is -1.32. The Morgan fingerprint density at radius 3 is 3.00 bits per heavy atom. The highest BCUT2D eigenvalue weighted by atomic mass is 32.1. The van der Waals surface area contributed by atoms with Gasteiger partial charge < -0.3 is 10.4 Å². The minimum Gasteiger partial charge on any atom is -0.508 e. The lowest BCUT2D eigenvalue weighted by molar-refractivity contribution is 0.471. The first-order valence-electron chi connectivity index (χ1n) is 6.41. The third-order valence-corrected chi connectivity index (χ3v) is 4.79. The predicted molar refractivity (Wildman–Crippen MR) is 75.4 cm³/mol. The molecule has 1 atom stereocenters. The fourth-order valence-electron chi connectivity index (χ4n) is 2.54. The minimum absolute atomic E-state index is 0.291. The summed E-state index contributed by atoms with van der Waals surface area (Å²) in [5, 5.41) is 13.1. The van der Waals surface area contributed by atoms with Crippen LogP contribution >= 0.6 is 11.3 Å². The normalized spacial score (nSPS) is 18.6. The maximum atomic E-state index is 9.57. The molecule has 0 amide bonds. The summed E-state index contributed by atoms with van der Waals surface area (Å²) in [6.07, 6.45) is 2.09. The number of phenolic OH excluding ortho intramolecular Hbond substituents is 1. The van der Waals surface area contributed by atoms with Gasteiger partial charge in [0.1, 0.15) is 5.75 Å². The van der Waals surface area contributed by atoms with E-state index < -0.39 is 0 Å². The molecular formula is C15H17NOS. The molecule has 0 bridgehead atoms. The zero-order valence-electron chi connectivity index (χ0n) is 10.4. The quantitative estimate of drug-likeness (QED) is 0.867. The molecule has 1 aliphatic rings. The van der Waals surface area contributed by atoms with Crippen molar-refractivity contribution >= 4 is 11.3 Å². The van der Waals surface area contributed by atoms with Crippen LogP contribution < -0.4 is 5.32 Å². The van der Waals surface area contributed by atoms with Gasteiger partial charge in [-0.2, -0.15) is 0 Å². The molecule has 3 heteroatoms. The molecule has 0 radical (unpaired) electrons. The van der Waals surface area contributed by atoms with E-state index in [9.17, 15) is 5.11 Å². The van der Waals surface area contributed by atoms with Crippen LogP contribution in [0.4, 0.5) is 0 Å². The second-order valence-electron chi connectivity index (χ2n) is 4.68. The van der Waals surface area contributed by atoms with Gasteiger partial charge in [-0.25, -0.2) is 0 Å². The monoisotopic (exact) mass is 259 g/mol. The second kappa shape index (κ2) is 4.75. The molecule has 1 unspecified atom stereocenters. The number of nitrogens with one attached hydrogen (secondary N) is 1. The molecule has 1 aromatic heterocycles. The van der Waals surface area contributed by atoms with E-state index in [2.05, 4.69) is 24.4 Å². The van der Waals surface area contributed by atoms with Crippen LogP contribution in [0.3, 0.4) is 0 Å². The molecule has 0 spiro atoms. The number of benzene rings is 1. The van der Waals surface area contributed by atoms with Gasteiger partial charge in [0.05, 0.1) is 6.04 Å². The van der Waals surface area contributed by atoms with Crippen LogP contribution in [0.15, 0.2) is 30.3 Å². The second-order valence-corrected chi connectivity index (χ2v) is 5.88. The number of aryl methyl sites for hydroxylation is 1. The maximum Gasteiger partial charge on any atom is 0.115 e. The summed E-state index contributed by atoms with van der Waals surface area (Å²) in [6.45, 7) is 3.16. The zero-order chi connectivity index (χ0) is 12.5. The molecule has 18 heavy (non-hydrogen) atoms. The van der Waals surface area contributed by atoms with Crippen LogP contribution in [0, 0.1) is 0 Å². The van der Waals surface area contributed by atoms with Gasteiger partial charge in [-0.3, -0.25) is 0 Å². The smallest absolute Gasteiger partial charge is 0.115 e. The van der Waals surface area contributed by atoms with Gasteiger partial charge in [0, 0.05) is 16.3 Å². The molecule has 1 aromatic carbocycles. The summed E-state index contributed by atoms with van der Waals surface area (Å²) < 4.78 is 0. The van der Waals surface area contributed by atoms with E-state index in [0.717, 1.165) is 19.4 Å². The Morgan fingerprint density at radius 2 is 2.22 bits per heavy atom. The van der Waals surface area contributed by atoms with Crippen molar-refractivity contribution in [3.05, 3.63) is 51.2 Å². The van der Waals surface area contributed by atoms with Crippen molar-refractivity contribution in [3.8, 4) is 5.75 Å². The molecule has 2 aromatic rings. The van der Waals surface area contributed by atoms with Gasteiger partial charge in [-0.05, 0) is 48.2 Å². The fraction of sp³-hybridized carbons (Fsp3) is 0.333. The molecule has 94 valence electrons. The molecule has 2 nitrogen and oxygen atoms in total. The third-order valence-electron chi connectivity index (χ3n) is 3.50. The van der Waals surface area contributed by atoms with Crippen molar-refractivity contribution < 1.29 is 5.11 Å². The Kier molecular flexibility index (Phi) is 3.10. The van der Waals surface area contributed by atoms with Crippen LogP contribution in [-0.2, 0) is 12.8 Å². The van der Waals surface area contributed by atoms with Gasteiger partial charge in [-0.1, -0.05) is 13.0 Å². The Morgan fingerprint density at radius 1 is 1.33 bits per heavy atom. The highest BCUT2D eigenvalue weighted by molar-refractivity contribution is 7.12. The molecule has 0 saturated heterocycles. The van der Waals surface area contributed by atoms with E-state index in [1.54, 1.807) is 6.07 Å². The summed E-state index contributed by atoms with van der Waals surface area (Å²) >= 11 is 1.88. The number of thiophene rings is 1. The lowest BCUT2D eigenvalue weighted by atomic mass is 9.93. The summed E-state index contributed by atoms with van der Waals surface area (Å²) in [4.78, 5) is 2.80. The summed E-state index contributed by atoms with van der Waals surface area (Å²) in [5.74, 6) is 0.370. The van der Waals surface area contributed by atoms with E-state index >= 15 is 0 Å². The van der Waals surface area contributed by atoms with Crippen molar-refractivity contribution in [2.75, 3.05) is 6.54 Å². The summed E-state index contributed by atoms with van der Waals surface area (Å²) in [7, 11) is 0. The summed E-state index contributed by atoms with van der Waals surface area (Å²) in [5.41, 5.74) is 2.58. The number of phenols is 1. The van der Waals surface area contributed by atoms with Crippen LogP contribution in [0.1, 0.15) is 33.8 Å². The van der Waals surface area contributed by atoms with Crippen LogP contribution in [0.2, 0.25) is 0 Å². The standard InChI is InChI=1S/C15H17NOS/c1-2-12-4-6-14(18-12)15-13-5-3-11(17)9-10(13)7-8-16-15/h3-6,9,15-17H,2,7-8H2,1H3. The summed E-state index contributed by atoms with van der Waals surface area (Å²) in [6, 6.07) is 10.5. The number of rotatable bonds is 2. The van der Waals surface area contributed by atoms with Gasteiger partial charge in [0.25, 0.3) is 0 Å². The van der Waals surface area contributed by atoms with Crippen LogP contribution in [0.25, 0.3) is 0 Å². The first-order valence-corrected chi connectivity index (χ1v) is 7.23. The van der Waals surface area contributed by atoms with Crippen LogP contribution in [-0.4, -0.2) is 11.7 Å². The number of fused-ring (bicyclic) bond motifs is 1.